The van der Waals surface area contributed by atoms with E-state index in [1.165, 1.54) is 35.3 Å². The predicted molar refractivity (Wildman–Crippen MR) is 300 cm³/mol. The van der Waals surface area contributed by atoms with Gasteiger partial charge in [-0.3, -0.25) is 47.9 Å². The molecule has 79 heavy (non-hydrogen) atoms. The molecule has 1 saturated heterocycles. The summed E-state index contributed by atoms with van der Waals surface area (Å²) in [5.41, 5.74) is 6.84. The lowest BCUT2D eigenvalue weighted by Gasteiger charge is -2.33. The first kappa shape index (κ1) is 69.1. The van der Waals surface area contributed by atoms with E-state index in [4.69, 9.17) is 5.73 Å². The number of likely N-dealkylation sites (tertiary alicyclic amines) is 1. The molecule has 444 valence electrons. The van der Waals surface area contributed by atoms with E-state index in [9.17, 15) is 68.1 Å². The molecule has 13 N–H and O–H groups in total. The third-order valence-electron chi connectivity index (χ3n) is 13.7. The van der Waals surface area contributed by atoms with Crippen LogP contribution in [0.3, 0.4) is 0 Å². The molecule has 0 spiro atoms. The molecule has 1 aromatic rings. The quantitative estimate of drug-likeness (QED) is 0.0422. The van der Waals surface area contributed by atoms with Crippen LogP contribution in [0.1, 0.15) is 112 Å². The molecule has 0 saturated carbocycles. The monoisotopic (exact) mass is 1150 g/mol. The van der Waals surface area contributed by atoms with Gasteiger partial charge in [-0.25, -0.2) is 4.79 Å². The van der Waals surface area contributed by atoms with Crippen molar-refractivity contribution in [2.24, 2.45) is 23.5 Å². The van der Waals surface area contributed by atoms with Gasteiger partial charge in [0.2, 0.25) is 53.2 Å². The van der Waals surface area contributed by atoms with Crippen LogP contribution in [-0.2, 0) is 59.2 Å². The first-order valence-corrected chi connectivity index (χ1v) is 29.7. The van der Waals surface area contributed by atoms with E-state index in [-0.39, 0.29) is 38.1 Å². The van der Waals surface area contributed by atoms with Crippen LogP contribution in [0, 0.1) is 17.8 Å². The zero-order valence-corrected chi connectivity index (χ0v) is 48.6. The van der Waals surface area contributed by atoms with E-state index in [2.05, 4.69) is 42.5 Å². The summed E-state index contributed by atoms with van der Waals surface area (Å²) >= 11 is 2.88. The second-order valence-corrected chi connectivity index (χ2v) is 22.4. The summed E-state index contributed by atoms with van der Waals surface area (Å²) in [7, 11) is 0. The summed E-state index contributed by atoms with van der Waals surface area (Å²) in [5, 5.41) is 50.0. The highest BCUT2D eigenvalue weighted by Gasteiger charge is 2.41. The Morgan fingerprint density at radius 2 is 1.13 bits per heavy atom. The van der Waals surface area contributed by atoms with Gasteiger partial charge in [0.1, 0.15) is 54.4 Å². The number of rotatable bonds is 36. The largest absolute Gasteiger partial charge is 0.481 e. The van der Waals surface area contributed by atoms with Crippen molar-refractivity contribution in [1.29, 1.82) is 0 Å². The maximum atomic E-state index is 14.4. The number of thioether (sulfide) groups is 2. The average Bonchev–Trinajstić information content (AvgIpc) is 3.92. The Kier molecular flexibility index (Phi) is 31.1. The zero-order valence-electron chi connectivity index (χ0n) is 47.0. The van der Waals surface area contributed by atoms with Gasteiger partial charge in [0.25, 0.3) is 0 Å². The number of carboxylic acids is 2. The van der Waals surface area contributed by atoms with Gasteiger partial charge < -0.3 is 68.5 Å². The van der Waals surface area contributed by atoms with Gasteiger partial charge in [0.15, 0.2) is 0 Å². The third-order valence-corrected chi connectivity index (χ3v) is 15.0. The number of carboxylic acid groups (broad SMARTS) is 2. The Morgan fingerprint density at radius 1 is 0.620 bits per heavy atom. The highest BCUT2D eigenvalue weighted by molar-refractivity contribution is 7.98. The fourth-order valence-corrected chi connectivity index (χ4v) is 9.46. The van der Waals surface area contributed by atoms with E-state index in [1.807, 2.05) is 6.26 Å². The van der Waals surface area contributed by atoms with Crippen LogP contribution >= 0.6 is 23.5 Å². The number of amides is 9. The maximum absolute atomic E-state index is 14.4. The smallest absolute Gasteiger partial charge is 0.326 e. The summed E-state index contributed by atoms with van der Waals surface area (Å²) in [6.07, 6.45) is 4.60. The van der Waals surface area contributed by atoms with Gasteiger partial charge in [0, 0.05) is 19.4 Å². The second-order valence-electron chi connectivity index (χ2n) is 20.4. The Balaban J connectivity index is 2.30. The van der Waals surface area contributed by atoms with Crippen LogP contribution in [0.4, 0.5) is 0 Å². The molecule has 0 aliphatic carbocycles. The highest BCUT2D eigenvalue weighted by Crippen LogP contribution is 2.22. The molecule has 24 nitrogen and oxygen atoms in total. The van der Waals surface area contributed by atoms with Gasteiger partial charge in [0.05, 0.1) is 12.6 Å². The minimum Gasteiger partial charge on any atom is -0.481 e. The Labute approximate surface area is 471 Å². The number of aliphatic carboxylic acids is 2. The number of benzene rings is 1. The lowest BCUT2D eigenvalue weighted by molar-refractivity contribution is -0.144. The molecular formula is C53H86N10O14S2. The molecule has 12 atom stereocenters. The summed E-state index contributed by atoms with van der Waals surface area (Å²) in [4.78, 5) is 149. The molecular weight excluding hydrogens is 1060 g/mol. The third kappa shape index (κ3) is 23.3. The number of aliphatic hydroxyl groups is 1. The normalized spacial score (nSPS) is 17.4. The number of hydrogen-bond donors (Lipinski definition) is 12. The number of carbonyl (C=O) groups excluding carboxylic acids is 9. The summed E-state index contributed by atoms with van der Waals surface area (Å²) in [5.74, 6) is -9.71. The van der Waals surface area contributed by atoms with Gasteiger partial charge in [-0.05, 0) is 92.8 Å². The standard InChI is InChI=1S/C53H86N10O14S2/c1-10-30(5)42(52(75)63-23-15-18-40(63)51(74)57-36(22-25-79-9)47(70)60-39(28-64)50(73)62-43(53(76)77)31(6)11-2)61-44(67)32(7)55-46(69)35(19-20-41(65)66)56-48(71)37(26-29(3)4)59-49(72)38(27-33-16-13-12-14-17-33)58-45(68)34(54)21-24-78-8/h12-14,16-17,29-32,34-40,42-43,64H,10-11,15,18-28,54H2,1-9H3,(H,55,69)(H,56,71)(H,57,74)(H,58,68)(H,59,72)(H,60,70)(H,61,67)(H,62,73)(H,65,66)(H,76,77)/t30-,31-,32-,34-,35-,36+,37-,38-,39+,40+,42-,43+/m1/s1. The zero-order chi connectivity index (χ0) is 59.5. The van der Waals surface area contributed by atoms with Gasteiger partial charge >= 0.3 is 11.9 Å². The number of aliphatic hydroxyl groups excluding tert-OH is 1. The van der Waals surface area contributed by atoms with Crippen LogP contribution in [0.25, 0.3) is 0 Å². The Bertz CT molecular complexity index is 2210. The molecule has 1 fully saturated rings. The van der Waals surface area contributed by atoms with Gasteiger partial charge in [-0.15, -0.1) is 0 Å². The molecule has 1 aliphatic heterocycles. The van der Waals surface area contributed by atoms with Crippen LogP contribution in [0.15, 0.2) is 30.3 Å². The number of nitrogens with zero attached hydrogens (tertiary/aromatic N) is 1. The van der Waals surface area contributed by atoms with Crippen LogP contribution in [-0.4, -0.2) is 183 Å². The topological polar surface area (TPSA) is 374 Å². The number of hydrogen-bond acceptors (Lipinski definition) is 15. The molecule has 0 radical (unpaired) electrons. The lowest BCUT2D eigenvalue weighted by Crippen LogP contribution is -2.61. The number of nitrogens with two attached hydrogens (primary N) is 1. The average molecular weight is 1150 g/mol. The second kappa shape index (κ2) is 35.6. The fourth-order valence-electron chi connectivity index (χ4n) is 8.50. The van der Waals surface area contributed by atoms with E-state index < -0.39 is 157 Å². The van der Waals surface area contributed by atoms with Crippen molar-refractivity contribution in [3.05, 3.63) is 35.9 Å². The first-order chi connectivity index (χ1) is 37.3. The van der Waals surface area contributed by atoms with Gasteiger partial charge in [-0.2, -0.15) is 23.5 Å². The van der Waals surface area contributed by atoms with Gasteiger partial charge in [-0.1, -0.05) is 84.7 Å². The van der Waals surface area contributed by atoms with E-state index in [1.54, 1.807) is 78.1 Å². The molecule has 1 aliphatic rings. The molecule has 0 aromatic heterocycles. The highest BCUT2D eigenvalue weighted by atomic mass is 32.2. The summed E-state index contributed by atoms with van der Waals surface area (Å²) in [6.45, 7) is 11.0. The van der Waals surface area contributed by atoms with Crippen LogP contribution < -0.4 is 48.3 Å². The predicted octanol–water partition coefficient (Wildman–Crippen LogP) is 0.0319. The number of carbonyl (C=O) groups is 11. The molecule has 26 heteroatoms. The number of nitrogens with one attached hydrogen (secondary N) is 8. The Hall–Kier alpha value is -5.99. The minimum absolute atomic E-state index is 0.0557. The van der Waals surface area contributed by atoms with Crippen molar-refractivity contribution >= 4 is 88.6 Å². The lowest BCUT2D eigenvalue weighted by atomic mass is 9.97. The molecule has 1 heterocycles. The van der Waals surface area contributed by atoms with Crippen molar-refractivity contribution in [2.75, 3.05) is 37.2 Å². The maximum Gasteiger partial charge on any atom is 0.326 e. The fraction of sp³-hybridized carbons (Fsp3) is 0.679. The van der Waals surface area contributed by atoms with E-state index in [0.29, 0.717) is 42.8 Å². The minimum atomic E-state index is -1.55. The summed E-state index contributed by atoms with van der Waals surface area (Å²) in [6, 6.07) is -3.74. The van der Waals surface area contributed by atoms with E-state index in [0.717, 1.165) is 0 Å². The van der Waals surface area contributed by atoms with Crippen LogP contribution in [0.2, 0.25) is 0 Å². The first-order valence-electron chi connectivity index (χ1n) is 26.9. The molecule has 0 unspecified atom stereocenters. The molecule has 0 bridgehead atoms. The molecule has 1 aromatic carbocycles. The van der Waals surface area contributed by atoms with Crippen LogP contribution in [0.5, 0.6) is 0 Å². The molecule has 2 rings (SSSR count). The Morgan fingerprint density at radius 3 is 1.70 bits per heavy atom. The van der Waals surface area contributed by atoms with E-state index >= 15 is 0 Å². The van der Waals surface area contributed by atoms with Crippen molar-refractivity contribution in [2.45, 2.75) is 173 Å². The molecule has 9 amide bonds. The van der Waals surface area contributed by atoms with Crippen molar-refractivity contribution in [1.82, 2.24) is 47.4 Å². The SMILES string of the molecule is CC[C@@H](C)[C@H](NC(=O)[C@H](CO)NC(=O)[C@H](CCSC)NC(=O)[C@@H]1CCCN1C(=O)[C@H](NC(=O)[C@@H](C)NC(=O)[C@@H](CCC(=O)O)NC(=O)[C@@H](CC(C)C)NC(=O)[C@@H](Cc1ccccc1)NC(=O)[C@H](N)CCSC)[C@H](C)CC)C(=O)O. The van der Waals surface area contributed by atoms with Crippen molar-refractivity contribution in [3.8, 4) is 0 Å². The van der Waals surface area contributed by atoms with Crippen molar-refractivity contribution in [3.63, 3.8) is 0 Å². The summed E-state index contributed by atoms with van der Waals surface area (Å²) < 4.78 is 0. The van der Waals surface area contributed by atoms with Crippen molar-refractivity contribution < 1.29 is 68.1 Å².